The van der Waals surface area contributed by atoms with E-state index in [-0.39, 0.29) is 12.0 Å². The van der Waals surface area contributed by atoms with Crippen LogP contribution < -0.4 is 0 Å². The highest BCUT2D eigenvalue weighted by Crippen LogP contribution is 2.20. The minimum absolute atomic E-state index is 0.135. The summed E-state index contributed by atoms with van der Waals surface area (Å²) >= 11 is 0. The second-order valence-corrected chi connectivity index (χ2v) is 4.89. The lowest BCUT2D eigenvalue weighted by Gasteiger charge is -2.34. The Morgan fingerprint density at radius 1 is 1.27 bits per heavy atom. The van der Waals surface area contributed by atoms with Gasteiger partial charge in [0.25, 0.3) is 5.91 Å². The standard InChI is InChI=1S/C12H21NO2/c1-10-5-4-7-13(9-10)12(14)11-6-2-3-8-15-11/h10-11H,2-9H2,1H3. The van der Waals surface area contributed by atoms with Gasteiger partial charge in [-0.3, -0.25) is 4.79 Å². The van der Waals surface area contributed by atoms with Crippen LogP contribution in [-0.4, -0.2) is 36.6 Å². The minimum Gasteiger partial charge on any atom is -0.368 e. The molecule has 0 bridgehead atoms. The van der Waals surface area contributed by atoms with Gasteiger partial charge < -0.3 is 9.64 Å². The number of rotatable bonds is 1. The predicted molar refractivity (Wildman–Crippen MR) is 58.6 cm³/mol. The summed E-state index contributed by atoms with van der Waals surface area (Å²) in [4.78, 5) is 14.1. The summed E-state index contributed by atoms with van der Waals surface area (Å²) in [6, 6.07) is 0. The van der Waals surface area contributed by atoms with Gasteiger partial charge in [0.15, 0.2) is 0 Å². The lowest BCUT2D eigenvalue weighted by Crippen LogP contribution is -2.46. The molecule has 2 rings (SSSR count). The van der Waals surface area contributed by atoms with Gasteiger partial charge in [0.1, 0.15) is 6.10 Å². The maximum Gasteiger partial charge on any atom is 0.251 e. The lowest BCUT2D eigenvalue weighted by molar-refractivity contribution is -0.148. The smallest absolute Gasteiger partial charge is 0.251 e. The van der Waals surface area contributed by atoms with Crippen LogP contribution in [0.25, 0.3) is 0 Å². The van der Waals surface area contributed by atoms with Crippen LogP contribution >= 0.6 is 0 Å². The van der Waals surface area contributed by atoms with Crippen molar-refractivity contribution >= 4 is 5.91 Å². The predicted octanol–water partition coefficient (Wildman–Crippen LogP) is 1.81. The topological polar surface area (TPSA) is 29.5 Å². The van der Waals surface area contributed by atoms with Gasteiger partial charge in [-0.05, 0) is 38.0 Å². The molecule has 2 aliphatic heterocycles. The Kier molecular flexibility index (Phi) is 3.62. The van der Waals surface area contributed by atoms with Crippen molar-refractivity contribution in [3.8, 4) is 0 Å². The first-order chi connectivity index (χ1) is 7.27. The number of hydrogen-bond acceptors (Lipinski definition) is 2. The summed E-state index contributed by atoms with van der Waals surface area (Å²) in [5, 5.41) is 0. The molecule has 3 nitrogen and oxygen atoms in total. The molecule has 2 fully saturated rings. The highest BCUT2D eigenvalue weighted by Gasteiger charge is 2.29. The van der Waals surface area contributed by atoms with E-state index in [9.17, 15) is 4.79 Å². The van der Waals surface area contributed by atoms with Crippen molar-refractivity contribution in [1.82, 2.24) is 4.90 Å². The van der Waals surface area contributed by atoms with Crippen molar-refractivity contribution < 1.29 is 9.53 Å². The Bertz CT molecular complexity index is 224. The average molecular weight is 211 g/mol. The van der Waals surface area contributed by atoms with Crippen LogP contribution in [0.1, 0.15) is 39.0 Å². The van der Waals surface area contributed by atoms with E-state index in [2.05, 4.69) is 6.92 Å². The van der Waals surface area contributed by atoms with E-state index < -0.39 is 0 Å². The fourth-order valence-corrected chi connectivity index (χ4v) is 2.53. The molecule has 0 aromatic rings. The molecule has 2 heterocycles. The third kappa shape index (κ3) is 2.71. The van der Waals surface area contributed by atoms with Crippen LogP contribution in [0.4, 0.5) is 0 Å². The molecule has 0 saturated carbocycles. The Labute approximate surface area is 91.8 Å². The zero-order valence-corrected chi connectivity index (χ0v) is 9.58. The first-order valence-electron chi connectivity index (χ1n) is 6.18. The maximum atomic E-state index is 12.1. The summed E-state index contributed by atoms with van der Waals surface area (Å²) in [6.45, 7) is 4.85. The average Bonchev–Trinajstić information content (AvgIpc) is 2.29. The zero-order chi connectivity index (χ0) is 10.7. The SMILES string of the molecule is CC1CCCN(C(=O)C2CCCCO2)C1. The van der Waals surface area contributed by atoms with E-state index in [4.69, 9.17) is 4.74 Å². The van der Waals surface area contributed by atoms with Crippen LogP contribution in [0.3, 0.4) is 0 Å². The first-order valence-corrected chi connectivity index (χ1v) is 6.18. The molecule has 2 saturated heterocycles. The molecular formula is C12H21NO2. The lowest BCUT2D eigenvalue weighted by atomic mass is 9.99. The fourth-order valence-electron chi connectivity index (χ4n) is 2.53. The number of piperidine rings is 1. The summed E-state index contributed by atoms with van der Waals surface area (Å²) < 4.78 is 5.54. The van der Waals surface area contributed by atoms with E-state index in [0.717, 1.165) is 45.4 Å². The Balaban J connectivity index is 1.88. The molecule has 86 valence electrons. The Morgan fingerprint density at radius 2 is 2.13 bits per heavy atom. The molecule has 15 heavy (non-hydrogen) atoms. The second-order valence-electron chi connectivity index (χ2n) is 4.89. The van der Waals surface area contributed by atoms with Crippen molar-refractivity contribution in [2.75, 3.05) is 19.7 Å². The fraction of sp³-hybridized carbons (Fsp3) is 0.917. The van der Waals surface area contributed by atoms with Gasteiger partial charge in [-0.25, -0.2) is 0 Å². The van der Waals surface area contributed by atoms with Gasteiger partial charge in [-0.1, -0.05) is 6.92 Å². The normalized spacial score (nSPS) is 32.7. The number of carbonyl (C=O) groups is 1. The largest absolute Gasteiger partial charge is 0.368 e. The van der Waals surface area contributed by atoms with Crippen molar-refractivity contribution in [1.29, 1.82) is 0 Å². The van der Waals surface area contributed by atoms with Gasteiger partial charge in [0.2, 0.25) is 0 Å². The number of nitrogens with zero attached hydrogens (tertiary/aromatic N) is 1. The molecule has 2 aliphatic rings. The maximum absolute atomic E-state index is 12.1. The number of ether oxygens (including phenoxy) is 1. The highest BCUT2D eigenvalue weighted by molar-refractivity contribution is 5.81. The van der Waals surface area contributed by atoms with E-state index in [0.29, 0.717) is 5.92 Å². The molecule has 0 aromatic heterocycles. The van der Waals surface area contributed by atoms with E-state index in [1.165, 1.54) is 6.42 Å². The molecular weight excluding hydrogens is 190 g/mol. The molecule has 0 N–H and O–H groups in total. The summed E-state index contributed by atoms with van der Waals surface area (Å²) in [6.07, 6.45) is 5.45. The van der Waals surface area contributed by atoms with Crippen LogP contribution in [0.2, 0.25) is 0 Å². The zero-order valence-electron chi connectivity index (χ0n) is 9.58. The van der Waals surface area contributed by atoms with E-state index in [1.54, 1.807) is 0 Å². The van der Waals surface area contributed by atoms with Gasteiger partial charge in [-0.2, -0.15) is 0 Å². The molecule has 0 spiro atoms. The monoisotopic (exact) mass is 211 g/mol. The summed E-state index contributed by atoms with van der Waals surface area (Å²) in [7, 11) is 0. The third-order valence-electron chi connectivity index (χ3n) is 3.42. The minimum atomic E-state index is -0.135. The van der Waals surface area contributed by atoms with Gasteiger partial charge in [0, 0.05) is 19.7 Å². The van der Waals surface area contributed by atoms with E-state index in [1.807, 2.05) is 4.90 Å². The van der Waals surface area contributed by atoms with E-state index >= 15 is 0 Å². The van der Waals surface area contributed by atoms with Gasteiger partial charge in [0.05, 0.1) is 0 Å². The molecule has 0 aliphatic carbocycles. The van der Waals surface area contributed by atoms with Gasteiger partial charge >= 0.3 is 0 Å². The van der Waals surface area contributed by atoms with Crippen molar-refractivity contribution in [3.63, 3.8) is 0 Å². The molecule has 0 radical (unpaired) electrons. The third-order valence-corrected chi connectivity index (χ3v) is 3.42. The number of amides is 1. The molecule has 2 atom stereocenters. The van der Waals surface area contributed by atoms with Crippen molar-refractivity contribution in [2.45, 2.75) is 45.1 Å². The Morgan fingerprint density at radius 3 is 2.80 bits per heavy atom. The molecule has 3 heteroatoms. The van der Waals surface area contributed by atoms with Crippen LogP contribution in [0, 0.1) is 5.92 Å². The van der Waals surface area contributed by atoms with Crippen LogP contribution in [-0.2, 0) is 9.53 Å². The molecule has 0 aromatic carbocycles. The molecule has 1 amide bonds. The number of hydrogen-bond donors (Lipinski definition) is 0. The van der Waals surface area contributed by atoms with Gasteiger partial charge in [-0.15, -0.1) is 0 Å². The van der Waals surface area contributed by atoms with Crippen LogP contribution in [0.15, 0.2) is 0 Å². The quantitative estimate of drug-likeness (QED) is 0.662. The Hall–Kier alpha value is -0.570. The van der Waals surface area contributed by atoms with Crippen LogP contribution in [0.5, 0.6) is 0 Å². The summed E-state index contributed by atoms with van der Waals surface area (Å²) in [5.74, 6) is 0.896. The number of carbonyl (C=O) groups excluding carboxylic acids is 1. The molecule has 2 unspecified atom stereocenters. The highest BCUT2D eigenvalue weighted by atomic mass is 16.5. The van der Waals surface area contributed by atoms with Crippen molar-refractivity contribution in [2.24, 2.45) is 5.92 Å². The summed E-state index contributed by atoms with van der Waals surface area (Å²) in [5.41, 5.74) is 0. The number of likely N-dealkylation sites (tertiary alicyclic amines) is 1. The second kappa shape index (κ2) is 4.97. The van der Waals surface area contributed by atoms with Crippen molar-refractivity contribution in [3.05, 3.63) is 0 Å². The first kappa shape index (κ1) is 10.9.